The van der Waals surface area contributed by atoms with Crippen LogP contribution in [0.25, 0.3) is 22.2 Å². The molecule has 152 valence electrons. The molecule has 0 saturated heterocycles. The molecule has 0 amide bonds. The SMILES string of the molecule is Cc1cc(-c2nc(-c3sc(C)c4c3C[C@@H]3[C@H]4C3(C)C)no2)cc(C)c1OCCO. The normalized spacial score (nSPS) is 21.2. The number of thiophene rings is 1. The van der Waals surface area contributed by atoms with Gasteiger partial charge in [0, 0.05) is 10.4 Å². The smallest absolute Gasteiger partial charge is 0.258 e. The van der Waals surface area contributed by atoms with Crippen LogP contribution >= 0.6 is 11.3 Å². The zero-order valence-electron chi connectivity index (χ0n) is 17.5. The van der Waals surface area contributed by atoms with Crippen LogP contribution in [0.2, 0.25) is 0 Å². The highest BCUT2D eigenvalue weighted by atomic mass is 32.1. The van der Waals surface area contributed by atoms with Crippen LogP contribution in [0.5, 0.6) is 5.75 Å². The largest absolute Gasteiger partial charge is 0.491 e. The van der Waals surface area contributed by atoms with Crippen molar-refractivity contribution in [1.29, 1.82) is 0 Å². The molecule has 5 rings (SSSR count). The van der Waals surface area contributed by atoms with Gasteiger partial charge in [-0.3, -0.25) is 0 Å². The molecule has 0 radical (unpaired) electrons. The summed E-state index contributed by atoms with van der Waals surface area (Å²) in [6.45, 7) is 11.3. The molecule has 5 nitrogen and oxygen atoms in total. The van der Waals surface area contributed by atoms with E-state index in [1.54, 1.807) is 16.9 Å². The third-order valence-corrected chi connectivity index (χ3v) is 7.85. The topological polar surface area (TPSA) is 68.4 Å². The highest BCUT2D eigenvalue weighted by molar-refractivity contribution is 7.15. The Balaban J connectivity index is 1.47. The lowest BCUT2D eigenvalue weighted by Gasteiger charge is -2.12. The van der Waals surface area contributed by atoms with Crippen LogP contribution < -0.4 is 4.74 Å². The van der Waals surface area contributed by atoms with Crippen LogP contribution in [0.1, 0.15) is 46.9 Å². The second-order valence-corrected chi connectivity index (χ2v) is 10.1. The minimum atomic E-state index is -0.00288. The van der Waals surface area contributed by atoms with Gasteiger partial charge in [-0.1, -0.05) is 19.0 Å². The monoisotopic (exact) mass is 410 g/mol. The molecule has 6 heteroatoms. The lowest BCUT2D eigenvalue weighted by atomic mass is 9.95. The minimum Gasteiger partial charge on any atom is -0.491 e. The van der Waals surface area contributed by atoms with Crippen molar-refractivity contribution >= 4 is 11.3 Å². The number of hydrogen-bond donors (Lipinski definition) is 1. The average molecular weight is 411 g/mol. The first-order valence-corrected chi connectivity index (χ1v) is 11.0. The molecule has 2 aliphatic rings. The molecule has 3 aromatic rings. The fraction of sp³-hybridized carbons (Fsp3) is 0.478. The molecule has 0 spiro atoms. The number of benzene rings is 1. The molecule has 1 aromatic carbocycles. The van der Waals surface area contributed by atoms with Gasteiger partial charge in [0.1, 0.15) is 12.4 Å². The number of ether oxygens (including phenoxy) is 1. The van der Waals surface area contributed by atoms with Crippen LogP contribution in [0.3, 0.4) is 0 Å². The summed E-state index contributed by atoms with van der Waals surface area (Å²) in [5.41, 5.74) is 6.29. The molecule has 2 heterocycles. The predicted molar refractivity (Wildman–Crippen MR) is 114 cm³/mol. The van der Waals surface area contributed by atoms with E-state index in [0.717, 1.165) is 34.8 Å². The van der Waals surface area contributed by atoms with E-state index in [1.165, 1.54) is 15.3 Å². The second-order valence-electron chi connectivity index (χ2n) is 8.92. The molecule has 2 atom stereocenters. The van der Waals surface area contributed by atoms with Gasteiger partial charge in [0.15, 0.2) is 0 Å². The summed E-state index contributed by atoms with van der Waals surface area (Å²) in [5, 5.41) is 13.3. The van der Waals surface area contributed by atoms with Crippen molar-refractivity contribution in [3.8, 4) is 27.9 Å². The van der Waals surface area contributed by atoms with Crippen molar-refractivity contribution in [2.24, 2.45) is 11.3 Å². The quantitative estimate of drug-likeness (QED) is 0.637. The summed E-state index contributed by atoms with van der Waals surface area (Å²) in [5.74, 6) is 3.50. The van der Waals surface area contributed by atoms with E-state index in [1.807, 2.05) is 26.0 Å². The number of aliphatic hydroxyl groups excluding tert-OH is 1. The van der Waals surface area contributed by atoms with Gasteiger partial charge >= 0.3 is 0 Å². The van der Waals surface area contributed by atoms with Crippen molar-refractivity contribution in [2.75, 3.05) is 13.2 Å². The summed E-state index contributed by atoms with van der Waals surface area (Å²) < 4.78 is 11.3. The summed E-state index contributed by atoms with van der Waals surface area (Å²) in [7, 11) is 0. The van der Waals surface area contributed by atoms with Crippen molar-refractivity contribution in [2.45, 2.75) is 47.0 Å². The van der Waals surface area contributed by atoms with E-state index >= 15 is 0 Å². The van der Waals surface area contributed by atoms with Crippen LogP contribution in [0, 0.1) is 32.1 Å². The Morgan fingerprint density at radius 2 is 1.97 bits per heavy atom. The molecule has 0 aliphatic heterocycles. The molecule has 1 N–H and O–H groups in total. The first-order chi connectivity index (χ1) is 13.8. The van der Waals surface area contributed by atoms with Crippen molar-refractivity contribution in [3.05, 3.63) is 39.3 Å². The maximum atomic E-state index is 9.01. The highest BCUT2D eigenvalue weighted by Crippen LogP contribution is 2.72. The van der Waals surface area contributed by atoms with Gasteiger partial charge < -0.3 is 14.4 Å². The maximum absolute atomic E-state index is 9.01. The lowest BCUT2D eigenvalue weighted by molar-refractivity contribution is 0.200. The van der Waals surface area contributed by atoms with E-state index in [9.17, 15) is 0 Å². The second kappa shape index (κ2) is 6.41. The molecule has 1 fully saturated rings. The van der Waals surface area contributed by atoms with Gasteiger partial charge in [-0.05, 0) is 78.8 Å². The summed E-state index contributed by atoms with van der Waals surface area (Å²) in [4.78, 5) is 7.32. The number of hydrogen-bond acceptors (Lipinski definition) is 6. The van der Waals surface area contributed by atoms with Crippen molar-refractivity contribution in [3.63, 3.8) is 0 Å². The zero-order chi connectivity index (χ0) is 20.5. The number of aryl methyl sites for hydroxylation is 3. The fourth-order valence-corrected chi connectivity index (χ4v) is 6.35. The van der Waals surface area contributed by atoms with Gasteiger partial charge in [-0.15, -0.1) is 11.3 Å². The van der Waals surface area contributed by atoms with E-state index in [0.29, 0.717) is 23.0 Å². The maximum Gasteiger partial charge on any atom is 0.258 e. The number of rotatable bonds is 5. The van der Waals surface area contributed by atoms with E-state index in [2.05, 4.69) is 25.9 Å². The third-order valence-electron chi connectivity index (χ3n) is 6.69. The Morgan fingerprint density at radius 1 is 1.24 bits per heavy atom. The Hall–Kier alpha value is -2.18. The minimum absolute atomic E-state index is 0.00288. The van der Waals surface area contributed by atoms with Gasteiger partial charge in [0.05, 0.1) is 11.5 Å². The zero-order valence-corrected chi connectivity index (χ0v) is 18.3. The Kier molecular flexibility index (Phi) is 4.16. The van der Waals surface area contributed by atoms with E-state index in [-0.39, 0.29) is 13.2 Å². The molecular formula is C23H26N2O3S. The molecule has 29 heavy (non-hydrogen) atoms. The molecule has 1 saturated carbocycles. The summed E-state index contributed by atoms with van der Waals surface area (Å²) in [6, 6.07) is 4.00. The standard InChI is InChI=1S/C23H26N2O3S/c1-11-8-14(9-12(2)19(11)27-7-6-26)22-24-21(25-28-22)20-15-10-16-18(23(16,4)5)17(15)13(3)29-20/h8-9,16,18,26H,6-7,10H2,1-5H3/t16-,18-/m1/s1. The number of aliphatic hydroxyl groups is 1. The predicted octanol–water partition coefficient (Wildman–Crippen LogP) is 5.06. The van der Waals surface area contributed by atoms with Gasteiger partial charge in [-0.2, -0.15) is 4.98 Å². The van der Waals surface area contributed by atoms with Gasteiger partial charge in [-0.25, -0.2) is 0 Å². The van der Waals surface area contributed by atoms with Crippen molar-refractivity contribution in [1.82, 2.24) is 10.1 Å². The number of aromatic nitrogens is 2. The van der Waals surface area contributed by atoms with Crippen LogP contribution in [0.4, 0.5) is 0 Å². The van der Waals surface area contributed by atoms with E-state index < -0.39 is 0 Å². The molecular weight excluding hydrogens is 384 g/mol. The van der Waals surface area contributed by atoms with Gasteiger partial charge in [0.2, 0.25) is 5.82 Å². The van der Waals surface area contributed by atoms with E-state index in [4.69, 9.17) is 19.4 Å². The first kappa shape index (κ1) is 18.8. The average Bonchev–Trinajstić information content (AvgIpc) is 3.15. The number of nitrogens with zero attached hydrogens (tertiary/aromatic N) is 2. The van der Waals surface area contributed by atoms with Crippen LogP contribution in [-0.2, 0) is 6.42 Å². The van der Waals surface area contributed by atoms with Crippen LogP contribution in [0.15, 0.2) is 16.7 Å². The molecule has 0 bridgehead atoms. The molecule has 2 aliphatic carbocycles. The number of fused-ring (bicyclic) bond motifs is 3. The summed E-state index contributed by atoms with van der Waals surface area (Å²) >= 11 is 1.80. The Bertz CT molecular complexity index is 1090. The Labute approximate surface area is 174 Å². The van der Waals surface area contributed by atoms with Crippen molar-refractivity contribution < 1.29 is 14.4 Å². The first-order valence-electron chi connectivity index (χ1n) is 10.1. The molecule has 2 aromatic heterocycles. The third kappa shape index (κ3) is 2.76. The summed E-state index contributed by atoms with van der Waals surface area (Å²) in [6.07, 6.45) is 1.13. The van der Waals surface area contributed by atoms with Crippen LogP contribution in [-0.4, -0.2) is 28.5 Å². The molecule has 0 unspecified atom stereocenters. The Morgan fingerprint density at radius 3 is 2.66 bits per heavy atom. The van der Waals surface area contributed by atoms with Gasteiger partial charge in [0.25, 0.3) is 5.89 Å². The lowest BCUT2D eigenvalue weighted by Crippen LogP contribution is -2.04. The highest BCUT2D eigenvalue weighted by Gasteiger charge is 2.63. The fourth-order valence-electron chi connectivity index (χ4n) is 5.19.